The van der Waals surface area contributed by atoms with Crippen molar-refractivity contribution < 1.29 is 9.53 Å². The fourth-order valence-corrected chi connectivity index (χ4v) is 2.20. The van der Waals surface area contributed by atoms with Gasteiger partial charge in [-0.25, -0.2) is 4.79 Å². The van der Waals surface area contributed by atoms with E-state index in [0.29, 0.717) is 18.9 Å². The van der Waals surface area contributed by atoms with Gasteiger partial charge in [0.25, 0.3) is 0 Å². The van der Waals surface area contributed by atoms with Crippen molar-refractivity contribution in [1.29, 1.82) is 0 Å². The molecule has 0 aliphatic carbocycles. The van der Waals surface area contributed by atoms with Gasteiger partial charge in [-0.1, -0.05) is 6.92 Å². The Kier molecular flexibility index (Phi) is 5.16. The molecular formula is C12H22N6O2. The monoisotopic (exact) mass is 282 g/mol. The van der Waals surface area contributed by atoms with Crippen molar-refractivity contribution in [2.75, 3.05) is 25.4 Å². The predicted octanol–water partition coefficient (Wildman–Crippen LogP) is 0.488. The number of aromatic nitrogens is 3. The molecule has 1 unspecified atom stereocenters. The van der Waals surface area contributed by atoms with Gasteiger partial charge in [0, 0.05) is 19.7 Å². The largest absolute Gasteiger partial charge is 0.376 e. The van der Waals surface area contributed by atoms with Crippen LogP contribution in [0.5, 0.6) is 0 Å². The molecule has 1 aliphatic rings. The molecule has 0 aromatic carbocycles. The molecule has 4 N–H and O–H groups in total. The highest BCUT2D eigenvalue weighted by molar-refractivity contribution is 5.74. The molecule has 2 heterocycles. The molecule has 1 saturated heterocycles. The lowest BCUT2D eigenvalue weighted by Crippen LogP contribution is -2.47. The number of hydrogen-bond acceptors (Lipinski definition) is 5. The SMILES string of the molecule is CCCOC1CCCN(C(=O)NCc2nc(N)n[nH]2)C1. The van der Waals surface area contributed by atoms with Crippen molar-refractivity contribution in [2.45, 2.75) is 38.8 Å². The molecule has 0 saturated carbocycles. The van der Waals surface area contributed by atoms with Crippen LogP contribution in [0, 0.1) is 0 Å². The number of urea groups is 1. The smallest absolute Gasteiger partial charge is 0.317 e. The summed E-state index contributed by atoms with van der Waals surface area (Å²) < 4.78 is 5.71. The molecule has 0 bridgehead atoms. The van der Waals surface area contributed by atoms with E-state index in [0.717, 1.165) is 32.4 Å². The van der Waals surface area contributed by atoms with Crippen molar-refractivity contribution in [2.24, 2.45) is 0 Å². The molecule has 1 fully saturated rings. The van der Waals surface area contributed by atoms with Crippen molar-refractivity contribution >= 4 is 12.0 Å². The zero-order chi connectivity index (χ0) is 14.4. The maximum absolute atomic E-state index is 12.1. The summed E-state index contributed by atoms with van der Waals surface area (Å²) >= 11 is 0. The van der Waals surface area contributed by atoms with Crippen LogP contribution in [-0.4, -0.2) is 51.9 Å². The number of aromatic amines is 1. The quantitative estimate of drug-likeness (QED) is 0.728. The van der Waals surface area contributed by atoms with Crippen molar-refractivity contribution in [1.82, 2.24) is 25.4 Å². The number of amides is 2. The lowest BCUT2D eigenvalue weighted by molar-refractivity contribution is 0.00999. The van der Waals surface area contributed by atoms with E-state index in [2.05, 4.69) is 27.4 Å². The third-order valence-corrected chi connectivity index (χ3v) is 3.18. The molecule has 1 aromatic rings. The zero-order valence-electron chi connectivity index (χ0n) is 11.8. The summed E-state index contributed by atoms with van der Waals surface area (Å²) in [5.74, 6) is 0.729. The highest BCUT2D eigenvalue weighted by Gasteiger charge is 2.23. The van der Waals surface area contributed by atoms with Gasteiger partial charge in [0.1, 0.15) is 5.82 Å². The van der Waals surface area contributed by atoms with Crippen molar-refractivity contribution in [3.8, 4) is 0 Å². The topological polar surface area (TPSA) is 109 Å². The first-order valence-electron chi connectivity index (χ1n) is 7.00. The second kappa shape index (κ2) is 7.09. The lowest BCUT2D eigenvalue weighted by Gasteiger charge is -2.32. The maximum atomic E-state index is 12.1. The normalized spacial score (nSPS) is 19.1. The summed E-state index contributed by atoms with van der Waals surface area (Å²) in [4.78, 5) is 17.8. The Labute approximate surface area is 118 Å². The Balaban J connectivity index is 1.76. The van der Waals surface area contributed by atoms with Crippen LogP contribution >= 0.6 is 0 Å². The molecule has 20 heavy (non-hydrogen) atoms. The number of nitrogen functional groups attached to an aromatic ring is 1. The molecule has 1 atom stereocenters. The molecule has 2 amide bonds. The average molecular weight is 282 g/mol. The third-order valence-electron chi connectivity index (χ3n) is 3.18. The minimum atomic E-state index is -0.107. The number of anilines is 1. The second-order valence-electron chi connectivity index (χ2n) is 4.88. The highest BCUT2D eigenvalue weighted by atomic mass is 16.5. The minimum absolute atomic E-state index is 0.107. The van der Waals surface area contributed by atoms with Crippen LogP contribution in [0.4, 0.5) is 10.7 Å². The highest BCUT2D eigenvalue weighted by Crippen LogP contribution is 2.13. The van der Waals surface area contributed by atoms with Crippen LogP contribution in [-0.2, 0) is 11.3 Å². The number of carbonyl (C=O) groups excluding carboxylic acids is 1. The third kappa shape index (κ3) is 4.09. The Morgan fingerprint density at radius 2 is 2.50 bits per heavy atom. The number of ether oxygens (including phenoxy) is 1. The standard InChI is InChI=1S/C12H22N6O2/c1-2-6-20-9-4-3-5-18(8-9)12(19)14-7-10-15-11(13)17-16-10/h9H,2-8H2,1H3,(H,14,19)(H3,13,15,16,17). The van der Waals surface area contributed by atoms with E-state index in [4.69, 9.17) is 10.5 Å². The Hall–Kier alpha value is -1.83. The van der Waals surface area contributed by atoms with Crippen LogP contribution in [0.3, 0.4) is 0 Å². The van der Waals surface area contributed by atoms with E-state index in [1.807, 2.05) is 0 Å². The van der Waals surface area contributed by atoms with Crippen LogP contribution in [0.25, 0.3) is 0 Å². The number of H-pyrrole nitrogens is 1. The summed E-state index contributed by atoms with van der Waals surface area (Å²) in [5, 5.41) is 9.17. The maximum Gasteiger partial charge on any atom is 0.317 e. The van der Waals surface area contributed by atoms with E-state index >= 15 is 0 Å². The number of carbonyl (C=O) groups is 1. The van der Waals surface area contributed by atoms with Gasteiger partial charge in [-0.05, 0) is 19.3 Å². The van der Waals surface area contributed by atoms with Gasteiger partial charge in [0.2, 0.25) is 5.95 Å². The fraction of sp³-hybridized carbons (Fsp3) is 0.750. The minimum Gasteiger partial charge on any atom is -0.376 e. The number of nitrogens with zero attached hydrogens (tertiary/aromatic N) is 3. The van der Waals surface area contributed by atoms with Gasteiger partial charge < -0.3 is 20.7 Å². The number of likely N-dealkylation sites (tertiary alicyclic amines) is 1. The van der Waals surface area contributed by atoms with Crippen LogP contribution in [0.15, 0.2) is 0 Å². The van der Waals surface area contributed by atoms with E-state index in [1.54, 1.807) is 4.90 Å². The molecule has 8 heteroatoms. The molecule has 1 aliphatic heterocycles. The lowest BCUT2D eigenvalue weighted by atomic mass is 10.1. The summed E-state index contributed by atoms with van der Waals surface area (Å²) in [6.45, 7) is 4.52. The first kappa shape index (κ1) is 14.6. The summed E-state index contributed by atoms with van der Waals surface area (Å²) in [7, 11) is 0. The van der Waals surface area contributed by atoms with Crippen LogP contribution in [0.2, 0.25) is 0 Å². The molecule has 0 spiro atoms. The van der Waals surface area contributed by atoms with E-state index in [-0.39, 0.29) is 18.1 Å². The molecular weight excluding hydrogens is 260 g/mol. The Morgan fingerprint density at radius 1 is 1.65 bits per heavy atom. The van der Waals surface area contributed by atoms with Gasteiger partial charge in [0.05, 0.1) is 12.6 Å². The van der Waals surface area contributed by atoms with E-state index in [1.165, 1.54) is 0 Å². The number of nitrogens with two attached hydrogens (primary N) is 1. The zero-order valence-corrected chi connectivity index (χ0v) is 11.8. The molecule has 1 aromatic heterocycles. The number of hydrogen-bond donors (Lipinski definition) is 3. The Morgan fingerprint density at radius 3 is 3.20 bits per heavy atom. The molecule has 112 valence electrons. The van der Waals surface area contributed by atoms with Gasteiger partial charge >= 0.3 is 6.03 Å². The second-order valence-corrected chi connectivity index (χ2v) is 4.88. The molecule has 8 nitrogen and oxygen atoms in total. The van der Waals surface area contributed by atoms with E-state index < -0.39 is 0 Å². The first-order chi connectivity index (χ1) is 9.69. The summed E-state index contributed by atoms with van der Waals surface area (Å²) in [6, 6.07) is -0.107. The van der Waals surface area contributed by atoms with Gasteiger partial charge in [-0.2, -0.15) is 4.98 Å². The molecule has 0 radical (unpaired) electrons. The Bertz CT molecular complexity index is 435. The van der Waals surface area contributed by atoms with Crippen LogP contribution < -0.4 is 11.1 Å². The van der Waals surface area contributed by atoms with Crippen molar-refractivity contribution in [3.63, 3.8) is 0 Å². The van der Waals surface area contributed by atoms with Crippen molar-refractivity contribution in [3.05, 3.63) is 5.82 Å². The fourth-order valence-electron chi connectivity index (χ4n) is 2.20. The van der Waals surface area contributed by atoms with Gasteiger partial charge in [0.15, 0.2) is 0 Å². The number of piperidine rings is 1. The summed E-state index contributed by atoms with van der Waals surface area (Å²) in [5.41, 5.74) is 5.40. The molecule has 2 rings (SSSR count). The summed E-state index contributed by atoms with van der Waals surface area (Å²) in [6.07, 6.45) is 3.13. The van der Waals surface area contributed by atoms with Gasteiger partial charge in [-0.15, -0.1) is 5.10 Å². The van der Waals surface area contributed by atoms with Gasteiger partial charge in [-0.3, -0.25) is 5.10 Å². The average Bonchev–Trinajstić information content (AvgIpc) is 2.88. The van der Waals surface area contributed by atoms with Crippen LogP contribution in [0.1, 0.15) is 32.0 Å². The van der Waals surface area contributed by atoms with E-state index in [9.17, 15) is 4.79 Å². The first-order valence-corrected chi connectivity index (χ1v) is 7.00. The number of rotatable bonds is 5. The predicted molar refractivity (Wildman–Crippen MR) is 73.9 cm³/mol. The number of nitrogens with one attached hydrogen (secondary N) is 2.